The summed E-state index contributed by atoms with van der Waals surface area (Å²) in [6.07, 6.45) is 4.98. The number of nitrogen functional groups attached to an aromatic ring is 1. The van der Waals surface area contributed by atoms with E-state index >= 15 is 0 Å². The summed E-state index contributed by atoms with van der Waals surface area (Å²) in [6, 6.07) is 0.206. The van der Waals surface area contributed by atoms with Gasteiger partial charge >= 0.3 is 0 Å². The summed E-state index contributed by atoms with van der Waals surface area (Å²) >= 11 is 0. The van der Waals surface area contributed by atoms with E-state index in [1.807, 2.05) is 0 Å². The molecular weight excluding hydrogens is 258 g/mol. The standard InChI is InChI=1S/C13H17N5O2/c14-11-6-15-10(5-16-11)13(20)18-4-3-9-8(7-18)1-2-12(19)17-9/h5-6,8-9H,1-4,7H2,(H2,14,16)(H,17,19). The fraction of sp³-hybridized carbons (Fsp3) is 0.538. The number of fused-ring (bicyclic) bond motifs is 1. The number of carbonyl (C=O) groups is 2. The van der Waals surface area contributed by atoms with Gasteiger partial charge in [0.1, 0.15) is 11.5 Å². The van der Waals surface area contributed by atoms with Gasteiger partial charge in [-0.3, -0.25) is 9.59 Å². The predicted molar refractivity (Wildman–Crippen MR) is 71.6 cm³/mol. The molecule has 0 radical (unpaired) electrons. The first-order valence-electron chi connectivity index (χ1n) is 6.79. The van der Waals surface area contributed by atoms with Gasteiger partial charge < -0.3 is 16.0 Å². The lowest BCUT2D eigenvalue weighted by Gasteiger charge is -2.41. The highest BCUT2D eigenvalue weighted by atomic mass is 16.2. The molecule has 1 aromatic heterocycles. The highest BCUT2D eigenvalue weighted by Gasteiger charge is 2.35. The van der Waals surface area contributed by atoms with Gasteiger partial charge in [0.05, 0.1) is 12.4 Å². The molecule has 2 aliphatic heterocycles. The molecular formula is C13H17N5O2. The van der Waals surface area contributed by atoms with Gasteiger partial charge in [-0.2, -0.15) is 0 Å². The zero-order valence-electron chi connectivity index (χ0n) is 11.1. The molecule has 3 heterocycles. The number of nitrogens with two attached hydrogens (primary N) is 1. The molecule has 2 unspecified atom stereocenters. The number of piperidine rings is 2. The van der Waals surface area contributed by atoms with Crippen LogP contribution in [0.5, 0.6) is 0 Å². The van der Waals surface area contributed by atoms with Crippen molar-refractivity contribution in [2.75, 3.05) is 18.8 Å². The highest BCUT2D eigenvalue weighted by Crippen LogP contribution is 2.25. The number of nitrogens with one attached hydrogen (secondary N) is 1. The molecule has 1 aromatic rings. The summed E-state index contributed by atoms with van der Waals surface area (Å²) in [7, 11) is 0. The van der Waals surface area contributed by atoms with Gasteiger partial charge in [0.25, 0.3) is 5.91 Å². The van der Waals surface area contributed by atoms with Gasteiger partial charge in [-0.05, 0) is 18.8 Å². The van der Waals surface area contributed by atoms with E-state index in [2.05, 4.69) is 15.3 Å². The summed E-state index contributed by atoms with van der Waals surface area (Å²) in [5, 5.41) is 3.00. The van der Waals surface area contributed by atoms with Crippen molar-refractivity contribution < 1.29 is 9.59 Å². The number of anilines is 1. The van der Waals surface area contributed by atoms with E-state index in [1.165, 1.54) is 12.4 Å². The number of rotatable bonds is 1. The molecule has 0 saturated carbocycles. The van der Waals surface area contributed by atoms with Crippen LogP contribution in [0.25, 0.3) is 0 Å². The molecule has 2 saturated heterocycles. The molecule has 0 aromatic carbocycles. The van der Waals surface area contributed by atoms with Crippen molar-refractivity contribution in [1.29, 1.82) is 0 Å². The molecule has 2 amide bonds. The Morgan fingerprint density at radius 3 is 2.95 bits per heavy atom. The molecule has 7 nitrogen and oxygen atoms in total. The van der Waals surface area contributed by atoms with Crippen LogP contribution in [-0.2, 0) is 4.79 Å². The highest BCUT2D eigenvalue weighted by molar-refractivity contribution is 5.92. The number of hydrogen-bond donors (Lipinski definition) is 2. The molecule has 20 heavy (non-hydrogen) atoms. The second kappa shape index (κ2) is 5.07. The number of nitrogens with zero attached hydrogens (tertiary/aromatic N) is 3. The van der Waals surface area contributed by atoms with Crippen LogP contribution in [0.4, 0.5) is 5.82 Å². The first-order chi connectivity index (χ1) is 9.63. The van der Waals surface area contributed by atoms with Crippen molar-refractivity contribution in [3.05, 3.63) is 18.1 Å². The molecule has 106 valence electrons. The monoisotopic (exact) mass is 275 g/mol. The third-order valence-corrected chi connectivity index (χ3v) is 4.00. The SMILES string of the molecule is Nc1cnc(C(=O)N2CCC3NC(=O)CCC3C2)cn1. The summed E-state index contributed by atoms with van der Waals surface area (Å²) < 4.78 is 0. The second-order valence-corrected chi connectivity index (χ2v) is 5.34. The Hall–Kier alpha value is -2.18. The molecule has 7 heteroatoms. The van der Waals surface area contributed by atoms with Gasteiger partial charge in [0.15, 0.2) is 0 Å². The minimum absolute atomic E-state index is 0.118. The molecule has 2 aliphatic rings. The van der Waals surface area contributed by atoms with Crippen LogP contribution in [0.15, 0.2) is 12.4 Å². The number of aromatic nitrogens is 2. The molecule has 0 spiro atoms. The molecule has 3 N–H and O–H groups in total. The lowest BCUT2D eigenvalue weighted by molar-refractivity contribution is -0.125. The van der Waals surface area contributed by atoms with Crippen LogP contribution < -0.4 is 11.1 Å². The van der Waals surface area contributed by atoms with Crippen molar-refractivity contribution in [2.24, 2.45) is 5.92 Å². The van der Waals surface area contributed by atoms with Crippen LogP contribution in [-0.4, -0.2) is 45.8 Å². The minimum Gasteiger partial charge on any atom is -0.382 e. The Balaban J connectivity index is 1.68. The van der Waals surface area contributed by atoms with Crippen LogP contribution in [0.2, 0.25) is 0 Å². The third-order valence-electron chi connectivity index (χ3n) is 4.00. The smallest absolute Gasteiger partial charge is 0.274 e. The number of amides is 2. The van der Waals surface area contributed by atoms with E-state index < -0.39 is 0 Å². The van der Waals surface area contributed by atoms with Crippen LogP contribution in [0.1, 0.15) is 29.8 Å². The van der Waals surface area contributed by atoms with E-state index in [0.29, 0.717) is 36.9 Å². The Kier molecular flexibility index (Phi) is 3.25. The van der Waals surface area contributed by atoms with E-state index in [0.717, 1.165) is 12.8 Å². The summed E-state index contributed by atoms with van der Waals surface area (Å²) in [6.45, 7) is 1.29. The first kappa shape index (κ1) is 12.8. The minimum atomic E-state index is -0.118. The second-order valence-electron chi connectivity index (χ2n) is 5.34. The molecule has 3 rings (SSSR count). The normalized spacial score (nSPS) is 25.8. The van der Waals surface area contributed by atoms with Crippen LogP contribution in [0.3, 0.4) is 0 Å². The largest absolute Gasteiger partial charge is 0.382 e. The van der Waals surface area contributed by atoms with Crippen molar-refractivity contribution in [2.45, 2.75) is 25.3 Å². The Bertz CT molecular complexity index is 530. The van der Waals surface area contributed by atoms with Gasteiger partial charge in [-0.25, -0.2) is 9.97 Å². The summed E-state index contributed by atoms with van der Waals surface area (Å²) in [4.78, 5) is 33.4. The van der Waals surface area contributed by atoms with Crippen molar-refractivity contribution in [3.8, 4) is 0 Å². The average molecular weight is 275 g/mol. The van der Waals surface area contributed by atoms with E-state index in [-0.39, 0.29) is 17.9 Å². The van der Waals surface area contributed by atoms with Crippen LogP contribution in [0, 0.1) is 5.92 Å². The maximum Gasteiger partial charge on any atom is 0.274 e. The quantitative estimate of drug-likeness (QED) is 0.739. The van der Waals surface area contributed by atoms with Gasteiger partial charge in [-0.15, -0.1) is 0 Å². The zero-order chi connectivity index (χ0) is 14.1. The van der Waals surface area contributed by atoms with Crippen molar-refractivity contribution in [3.63, 3.8) is 0 Å². The van der Waals surface area contributed by atoms with Crippen molar-refractivity contribution in [1.82, 2.24) is 20.2 Å². The first-order valence-corrected chi connectivity index (χ1v) is 6.79. The lowest BCUT2D eigenvalue weighted by atomic mass is 9.85. The Labute approximate surface area is 116 Å². The molecule has 0 bridgehead atoms. The Morgan fingerprint density at radius 2 is 2.20 bits per heavy atom. The lowest BCUT2D eigenvalue weighted by Crippen LogP contribution is -2.55. The fourth-order valence-electron chi connectivity index (χ4n) is 2.91. The number of likely N-dealkylation sites (tertiary alicyclic amines) is 1. The maximum atomic E-state index is 12.3. The van der Waals surface area contributed by atoms with Gasteiger partial charge in [0, 0.05) is 25.6 Å². The van der Waals surface area contributed by atoms with E-state index in [9.17, 15) is 9.59 Å². The molecule has 2 fully saturated rings. The molecule has 0 aliphatic carbocycles. The fourth-order valence-corrected chi connectivity index (χ4v) is 2.91. The topological polar surface area (TPSA) is 101 Å². The average Bonchev–Trinajstić information content (AvgIpc) is 2.47. The zero-order valence-corrected chi connectivity index (χ0v) is 11.1. The predicted octanol–water partition coefficient (Wildman–Crippen LogP) is -0.201. The van der Waals surface area contributed by atoms with Gasteiger partial charge in [0.2, 0.25) is 5.91 Å². The summed E-state index contributed by atoms with van der Waals surface area (Å²) in [5.41, 5.74) is 5.78. The Morgan fingerprint density at radius 1 is 1.35 bits per heavy atom. The summed E-state index contributed by atoms with van der Waals surface area (Å²) in [5.74, 6) is 0.644. The van der Waals surface area contributed by atoms with Gasteiger partial charge in [-0.1, -0.05) is 0 Å². The van der Waals surface area contributed by atoms with E-state index in [1.54, 1.807) is 4.90 Å². The van der Waals surface area contributed by atoms with Crippen LogP contribution >= 0.6 is 0 Å². The number of hydrogen-bond acceptors (Lipinski definition) is 5. The maximum absolute atomic E-state index is 12.3. The number of carbonyl (C=O) groups excluding carboxylic acids is 2. The van der Waals surface area contributed by atoms with E-state index in [4.69, 9.17) is 5.73 Å². The molecule has 2 atom stereocenters. The third kappa shape index (κ3) is 2.43. The van der Waals surface area contributed by atoms with Crippen molar-refractivity contribution >= 4 is 17.6 Å².